The molecule has 1 amide bonds. The predicted octanol–water partition coefficient (Wildman–Crippen LogP) is 2.88. The molecule has 1 fully saturated rings. The zero-order valence-corrected chi connectivity index (χ0v) is 19.2. The molecule has 0 saturated carbocycles. The van der Waals surface area contributed by atoms with E-state index in [1.165, 1.54) is 0 Å². The van der Waals surface area contributed by atoms with Gasteiger partial charge in [-0.3, -0.25) is 9.20 Å². The third-order valence-corrected chi connectivity index (χ3v) is 5.89. The Labute approximate surface area is 196 Å². The highest BCUT2D eigenvalue weighted by Crippen LogP contribution is 2.34. The number of nitrogens with one attached hydrogen (secondary N) is 1. The van der Waals surface area contributed by atoms with Crippen LogP contribution < -0.4 is 10.1 Å². The molecule has 1 aliphatic rings. The van der Waals surface area contributed by atoms with Crippen molar-refractivity contribution in [3.63, 3.8) is 0 Å². The summed E-state index contributed by atoms with van der Waals surface area (Å²) in [6.07, 6.45) is 15.9. The second-order valence-electron chi connectivity index (χ2n) is 8.75. The van der Waals surface area contributed by atoms with Gasteiger partial charge in [0.25, 0.3) is 5.91 Å². The molecule has 1 aliphatic heterocycles. The Hall–Kier alpha value is -3.97. The lowest BCUT2D eigenvalue weighted by Crippen LogP contribution is -2.38. The third-order valence-electron chi connectivity index (χ3n) is 5.89. The Balaban J connectivity index is 1.54. The molecular weight excluding hydrogens is 434 g/mol. The summed E-state index contributed by atoms with van der Waals surface area (Å²) >= 11 is 0. The number of carbonyl (C=O) groups excluding carboxylic acids is 1. The fraction of sp³-hybridized carbons (Fsp3) is 0.375. The van der Waals surface area contributed by atoms with Crippen LogP contribution in [0.3, 0.4) is 0 Å². The number of aromatic nitrogens is 6. The number of terminal acetylenes is 1. The smallest absolute Gasteiger partial charge is 0.262 e. The molecule has 0 aromatic carbocycles. The molecule has 174 valence electrons. The summed E-state index contributed by atoms with van der Waals surface area (Å²) in [5.41, 5.74) is 1.32. The van der Waals surface area contributed by atoms with Crippen LogP contribution in [0.5, 0.6) is 5.88 Å². The van der Waals surface area contributed by atoms with E-state index in [2.05, 4.69) is 31.3 Å². The van der Waals surface area contributed by atoms with Crippen LogP contribution >= 0.6 is 0 Å². The maximum Gasteiger partial charge on any atom is 0.262 e. The Bertz CT molecular complexity index is 1410. The highest BCUT2D eigenvalue weighted by molar-refractivity contribution is 6.07. The van der Waals surface area contributed by atoms with E-state index in [-0.39, 0.29) is 23.7 Å². The summed E-state index contributed by atoms with van der Waals surface area (Å²) in [6, 6.07) is 1.76. The van der Waals surface area contributed by atoms with Crippen LogP contribution in [-0.4, -0.2) is 53.7 Å². The molecule has 0 spiro atoms. The topological polar surface area (TPSA) is 108 Å². The number of nitrogens with zero attached hydrogens (tertiary/aromatic N) is 6. The van der Waals surface area contributed by atoms with Crippen molar-refractivity contribution in [1.29, 1.82) is 0 Å². The Morgan fingerprint density at radius 1 is 1.38 bits per heavy atom. The molecule has 0 radical (unpaired) electrons. The molecule has 4 aromatic rings. The van der Waals surface area contributed by atoms with Crippen LogP contribution in [0.15, 0.2) is 37.1 Å². The molecule has 0 bridgehead atoms. The number of ether oxygens (including phenoxy) is 2. The number of imidazole rings is 1. The largest absolute Gasteiger partial charge is 0.474 e. The molecule has 2 atom stereocenters. The van der Waals surface area contributed by atoms with Crippen molar-refractivity contribution in [1.82, 2.24) is 29.0 Å². The minimum absolute atomic E-state index is 0.160. The first-order chi connectivity index (χ1) is 16.4. The van der Waals surface area contributed by atoms with Crippen molar-refractivity contribution in [3.8, 4) is 18.2 Å². The van der Waals surface area contributed by atoms with E-state index in [9.17, 15) is 4.79 Å². The SMILES string of the molecule is C#C[C@]1(c2cn3cc(C(=O)Nc4cnn5cccnc45)c(OC(C)C)nc3n2)CCC(C)OC1. The zero-order valence-electron chi connectivity index (χ0n) is 19.2. The summed E-state index contributed by atoms with van der Waals surface area (Å²) < 4.78 is 15.0. The highest BCUT2D eigenvalue weighted by Gasteiger charge is 2.37. The zero-order chi connectivity index (χ0) is 23.9. The van der Waals surface area contributed by atoms with Gasteiger partial charge in [0.2, 0.25) is 11.7 Å². The first-order valence-corrected chi connectivity index (χ1v) is 11.1. The lowest BCUT2D eigenvalue weighted by atomic mass is 9.79. The van der Waals surface area contributed by atoms with Gasteiger partial charge in [-0.15, -0.1) is 6.42 Å². The molecule has 10 heteroatoms. The van der Waals surface area contributed by atoms with Crippen molar-refractivity contribution in [2.24, 2.45) is 0 Å². The fourth-order valence-corrected chi connectivity index (χ4v) is 3.99. The number of amides is 1. The number of carbonyl (C=O) groups is 1. The summed E-state index contributed by atoms with van der Waals surface area (Å²) in [4.78, 5) is 26.8. The first kappa shape index (κ1) is 21.9. The van der Waals surface area contributed by atoms with E-state index in [4.69, 9.17) is 15.9 Å². The minimum Gasteiger partial charge on any atom is -0.474 e. The quantitative estimate of drug-likeness (QED) is 0.457. The van der Waals surface area contributed by atoms with Gasteiger partial charge in [0.1, 0.15) is 11.3 Å². The van der Waals surface area contributed by atoms with E-state index < -0.39 is 11.3 Å². The van der Waals surface area contributed by atoms with Crippen molar-refractivity contribution in [3.05, 3.63) is 48.3 Å². The molecule has 5 heterocycles. The van der Waals surface area contributed by atoms with Gasteiger partial charge in [-0.25, -0.2) is 14.5 Å². The van der Waals surface area contributed by atoms with Gasteiger partial charge >= 0.3 is 0 Å². The van der Waals surface area contributed by atoms with Crippen LogP contribution in [0.25, 0.3) is 11.4 Å². The Morgan fingerprint density at radius 3 is 2.97 bits per heavy atom. The Morgan fingerprint density at radius 2 is 2.24 bits per heavy atom. The maximum atomic E-state index is 13.3. The van der Waals surface area contributed by atoms with E-state index >= 15 is 0 Å². The maximum absolute atomic E-state index is 13.3. The summed E-state index contributed by atoms with van der Waals surface area (Å²) in [5.74, 6) is 3.07. The molecular formula is C24H25N7O3. The molecule has 1 N–H and O–H groups in total. The highest BCUT2D eigenvalue weighted by atomic mass is 16.5. The number of hydrogen-bond donors (Lipinski definition) is 1. The van der Waals surface area contributed by atoms with E-state index in [0.29, 0.717) is 29.4 Å². The van der Waals surface area contributed by atoms with Crippen LogP contribution in [-0.2, 0) is 10.2 Å². The van der Waals surface area contributed by atoms with Crippen LogP contribution in [0, 0.1) is 12.3 Å². The first-order valence-electron chi connectivity index (χ1n) is 11.1. The third kappa shape index (κ3) is 3.84. The van der Waals surface area contributed by atoms with E-state index in [1.807, 2.05) is 27.0 Å². The number of anilines is 1. The van der Waals surface area contributed by atoms with Crippen molar-refractivity contribution < 1.29 is 14.3 Å². The standard InChI is InChI=1S/C24H25N7O3/c1-5-24(8-7-16(4)33-14-24)19-13-30-12-17(22(34-15(2)3)29-23(30)28-19)21(32)27-18-11-26-31-10-6-9-25-20(18)31/h1,6,9-13,15-16H,7-8,14H2,2-4H3,(H,27,32)/t16?,24-/m0/s1. The van der Waals surface area contributed by atoms with Gasteiger partial charge in [0.15, 0.2) is 5.65 Å². The second-order valence-corrected chi connectivity index (χ2v) is 8.75. The number of hydrogen-bond acceptors (Lipinski definition) is 7. The van der Waals surface area contributed by atoms with Crippen molar-refractivity contribution >= 4 is 23.0 Å². The minimum atomic E-state index is -0.634. The average Bonchev–Trinajstić information content (AvgIpc) is 3.43. The van der Waals surface area contributed by atoms with Crippen LogP contribution in [0.2, 0.25) is 0 Å². The van der Waals surface area contributed by atoms with Gasteiger partial charge in [0, 0.05) is 24.8 Å². The van der Waals surface area contributed by atoms with E-state index in [0.717, 1.165) is 12.8 Å². The molecule has 0 aliphatic carbocycles. The second kappa shape index (κ2) is 8.43. The van der Waals surface area contributed by atoms with Gasteiger partial charge in [-0.05, 0) is 39.7 Å². The summed E-state index contributed by atoms with van der Waals surface area (Å²) in [5, 5.41) is 7.07. The molecule has 1 saturated heterocycles. The molecule has 4 aromatic heterocycles. The average molecular weight is 460 g/mol. The van der Waals surface area contributed by atoms with Gasteiger partial charge in [-0.1, -0.05) is 5.92 Å². The van der Waals surface area contributed by atoms with Gasteiger partial charge < -0.3 is 14.8 Å². The number of rotatable bonds is 5. The molecule has 34 heavy (non-hydrogen) atoms. The van der Waals surface area contributed by atoms with Crippen LogP contribution in [0.1, 0.15) is 49.7 Å². The van der Waals surface area contributed by atoms with Gasteiger partial charge in [0.05, 0.1) is 36.1 Å². The fourth-order valence-electron chi connectivity index (χ4n) is 3.99. The van der Waals surface area contributed by atoms with Crippen molar-refractivity contribution in [2.45, 2.75) is 51.2 Å². The Kier molecular flexibility index (Phi) is 5.42. The predicted molar refractivity (Wildman–Crippen MR) is 125 cm³/mol. The van der Waals surface area contributed by atoms with E-state index in [1.54, 1.807) is 39.8 Å². The van der Waals surface area contributed by atoms with Gasteiger partial charge in [-0.2, -0.15) is 10.1 Å². The van der Waals surface area contributed by atoms with Crippen LogP contribution in [0.4, 0.5) is 5.69 Å². The molecule has 10 nitrogen and oxygen atoms in total. The lowest BCUT2D eigenvalue weighted by molar-refractivity contribution is -0.00419. The molecule has 1 unspecified atom stereocenters. The summed E-state index contributed by atoms with van der Waals surface area (Å²) in [6.45, 7) is 6.16. The number of fused-ring (bicyclic) bond motifs is 2. The van der Waals surface area contributed by atoms with Crippen molar-refractivity contribution in [2.75, 3.05) is 11.9 Å². The monoisotopic (exact) mass is 459 g/mol. The lowest BCUT2D eigenvalue weighted by Gasteiger charge is -2.33. The summed E-state index contributed by atoms with van der Waals surface area (Å²) in [7, 11) is 0. The molecule has 5 rings (SSSR count). The normalized spacial score (nSPS) is 20.5.